The first kappa shape index (κ1) is 22.2. The molecule has 5 heteroatoms. The van der Waals surface area contributed by atoms with E-state index in [4.69, 9.17) is 4.98 Å². The third-order valence-corrected chi connectivity index (χ3v) is 5.05. The van der Waals surface area contributed by atoms with Crippen LogP contribution in [-0.2, 0) is 0 Å². The van der Waals surface area contributed by atoms with Crippen LogP contribution in [-0.4, -0.2) is 19.9 Å². The molecule has 0 spiro atoms. The van der Waals surface area contributed by atoms with Crippen LogP contribution in [0.2, 0.25) is 0 Å². The van der Waals surface area contributed by atoms with Gasteiger partial charge in [0.05, 0.1) is 5.69 Å². The van der Waals surface area contributed by atoms with Crippen molar-refractivity contribution in [2.75, 3.05) is 5.32 Å². The van der Waals surface area contributed by atoms with E-state index in [0.29, 0.717) is 0 Å². The van der Waals surface area contributed by atoms with E-state index in [0.717, 1.165) is 29.3 Å². The molecule has 0 aliphatic rings. The molecular formula is C23H33ClN4. The Hall–Kier alpha value is -2.07. The first-order valence-corrected chi connectivity index (χ1v) is 10.2. The number of hydrogen-bond donors (Lipinski definition) is 1. The summed E-state index contributed by atoms with van der Waals surface area (Å²) in [4.78, 5) is 9.42. The zero-order valence-corrected chi connectivity index (χ0v) is 18.4. The van der Waals surface area contributed by atoms with Crippen molar-refractivity contribution in [3.8, 4) is 11.4 Å². The smallest absolute Gasteiger partial charge is 0.140 e. The summed E-state index contributed by atoms with van der Waals surface area (Å²) >= 11 is 0. The van der Waals surface area contributed by atoms with Gasteiger partial charge in [0.1, 0.15) is 17.2 Å². The molecule has 0 aromatic carbocycles. The van der Waals surface area contributed by atoms with Crippen molar-refractivity contribution >= 4 is 23.9 Å². The quantitative estimate of drug-likeness (QED) is 0.407. The number of halogens is 1. The second-order valence-corrected chi connectivity index (χ2v) is 8.13. The second kappa shape index (κ2) is 9.92. The van der Waals surface area contributed by atoms with E-state index < -0.39 is 0 Å². The highest BCUT2D eigenvalue weighted by Crippen LogP contribution is 2.31. The van der Waals surface area contributed by atoms with Crippen LogP contribution in [0.1, 0.15) is 64.9 Å². The van der Waals surface area contributed by atoms with Gasteiger partial charge >= 0.3 is 0 Å². The fourth-order valence-electron chi connectivity index (χ4n) is 3.50. The maximum Gasteiger partial charge on any atom is 0.140 e. The fourth-order valence-corrected chi connectivity index (χ4v) is 3.50. The largest absolute Gasteiger partial charge is 0.364 e. The molecule has 0 radical (unpaired) electrons. The van der Waals surface area contributed by atoms with Gasteiger partial charge in [0, 0.05) is 17.9 Å². The predicted octanol–water partition coefficient (Wildman–Crippen LogP) is 6.68. The lowest BCUT2D eigenvalue weighted by atomic mass is 9.96. The van der Waals surface area contributed by atoms with Crippen LogP contribution >= 0.6 is 12.4 Å². The molecule has 3 heterocycles. The highest BCUT2D eigenvalue weighted by atomic mass is 35.5. The first-order valence-electron chi connectivity index (χ1n) is 10.2. The molecule has 28 heavy (non-hydrogen) atoms. The van der Waals surface area contributed by atoms with Gasteiger partial charge in [-0.05, 0) is 57.0 Å². The Morgan fingerprint density at radius 1 is 1.07 bits per heavy atom. The third kappa shape index (κ3) is 5.48. The molecule has 0 fully saturated rings. The minimum absolute atomic E-state index is 0. The Morgan fingerprint density at radius 2 is 1.86 bits per heavy atom. The topological polar surface area (TPSA) is 42.2 Å². The summed E-state index contributed by atoms with van der Waals surface area (Å²) < 4.78 is 2.15. The number of imidazole rings is 1. The molecule has 0 saturated carbocycles. The van der Waals surface area contributed by atoms with Crippen LogP contribution in [0.3, 0.4) is 0 Å². The number of aryl methyl sites for hydroxylation is 1. The van der Waals surface area contributed by atoms with E-state index >= 15 is 0 Å². The van der Waals surface area contributed by atoms with Gasteiger partial charge in [-0.1, -0.05) is 45.1 Å². The molecule has 152 valence electrons. The molecule has 4 nitrogen and oxygen atoms in total. The predicted molar refractivity (Wildman–Crippen MR) is 121 cm³/mol. The van der Waals surface area contributed by atoms with Gasteiger partial charge in [0.2, 0.25) is 0 Å². The lowest BCUT2D eigenvalue weighted by Crippen LogP contribution is -2.31. The van der Waals surface area contributed by atoms with E-state index in [1.54, 1.807) is 0 Å². The summed E-state index contributed by atoms with van der Waals surface area (Å²) in [5.74, 6) is 1.03. The molecule has 0 saturated heterocycles. The number of pyridine rings is 2. The summed E-state index contributed by atoms with van der Waals surface area (Å²) in [7, 11) is 0. The summed E-state index contributed by atoms with van der Waals surface area (Å²) in [5, 5.41) is 3.78. The van der Waals surface area contributed by atoms with E-state index in [1.165, 1.54) is 37.7 Å². The van der Waals surface area contributed by atoms with Crippen LogP contribution < -0.4 is 5.32 Å². The first-order chi connectivity index (χ1) is 13.0. The average molecular weight is 401 g/mol. The van der Waals surface area contributed by atoms with Gasteiger partial charge in [-0.3, -0.25) is 9.38 Å². The number of nitrogens with zero attached hydrogens (tertiary/aromatic N) is 3. The van der Waals surface area contributed by atoms with Crippen molar-refractivity contribution in [1.82, 2.24) is 14.4 Å². The van der Waals surface area contributed by atoms with Gasteiger partial charge < -0.3 is 5.32 Å². The Labute approximate surface area is 175 Å². The summed E-state index contributed by atoms with van der Waals surface area (Å²) in [6.45, 7) is 8.92. The minimum atomic E-state index is -0.00338. The molecule has 0 bridgehead atoms. The second-order valence-electron chi connectivity index (χ2n) is 8.13. The van der Waals surface area contributed by atoms with Crippen LogP contribution in [0.5, 0.6) is 0 Å². The van der Waals surface area contributed by atoms with Crippen molar-refractivity contribution in [2.24, 2.45) is 0 Å². The highest BCUT2D eigenvalue weighted by molar-refractivity contribution is 5.85. The zero-order valence-electron chi connectivity index (χ0n) is 17.5. The molecule has 0 amide bonds. The van der Waals surface area contributed by atoms with E-state index in [-0.39, 0.29) is 17.9 Å². The molecule has 3 aromatic rings. The van der Waals surface area contributed by atoms with E-state index in [9.17, 15) is 0 Å². The van der Waals surface area contributed by atoms with Crippen molar-refractivity contribution in [2.45, 2.75) is 71.8 Å². The van der Waals surface area contributed by atoms with Crippen molar-refractivity contribution in [3.63, 3.8) is 0 Å². The number of nitrogens with one attached hydrogen (secondary N) is 1. The van der Waals surface area contributed by atoms with Gasteiger partial charge in [0.25, 0.3) is 0 Å². The number of rotatable bonds is 9. The molecule has 3 rings (SSSR count). The van der Waals surface area contributed by atoms with Crippen LogP contribution in [0.4, 0.5) is 5.82 Å². The third-order valence-electron chi connectivity index (χ3n) is 5.05. The molecule has 0 aliphatic heterocycles. The Kier molecular flexibility index (Phi) is 7.88. The maximum absolute atomic E-state index is 4.89. The van der Waals surface area contributed by atoms with Gasteiger partial charge in [-0.15, -0.1) is 12.4 Å². The molecule has 1 N–H and O–H groups in total. The molecule has 0 unspecified atom stereocenters. The molecular weight excluding hydrogens is 368 g/mol. The maximum atomic E-state index is 4.89. The number of hydrogen-bond acceptors (Lipinski definition) is 3. The van der Waals surface area contributed by atoms with Crippen molar-refractivity contribution < 1.29 is 0 Å². The van der Waals surface area contributed by atoms with Gasteiger partial charge in [0.15, 0.2) is 0 Å². The number of fused-ring (bicyclic) bond motifs is 1. The summed E-state index contributed by atoms with van der Waals surface area (Å²) in [6.07, 6.45) is 11.6. The number of anilines is 1. The summed E-state index contributed by atoms with van der Waals surface area (Å²) in [5.41, 5.74) is 3.98. The number of unbranched alkanes of at least 4 members (excludes halogenated alkanes) is 4. The fraction of sp³-hybridized carbons (Fsp3) is 0.478. The SMILES string of the molecule is CCCCCCCC(C)(C)Nc1c(-c2ccccn2)nc2cc(C)ccn12.Cl. The van der Waals surface area contributed by atoms with Crippen molar-refractivity contribution in [3.05, 3.63) is 48.3 Å². The van der Waals surface area contributed by atoms with Crippen LogP contribution in [0.25, 0.3) is 17.0 Å². The van der Waals surface area contributed by atoms with E-state index in [1.807, 2.05) is 24.4 Å². The van der Waals surface area contributed by atoms with Gasteiger partial charge in [-0.2, -0.15) is 0 Å². The normalized spacial score (nSPS) is 11.4. The van der Waals surface area contributed by atoms with Gasteiger partial charge in [-0.25, -0.2) is 4.98 Å². The highest BCUT2D eigenvalue weighted by Gasteiger charge is 2.23. The standard InChI is InChI=1S/C23H32N4.ClH/c1-5-6-7-8-10-14-23(3,4)26-22-21(19-12-9-11-15-24-19)25-20-17-18(2)13-16-27(20)22;/h9,11-13,15-17,26H,5-8,10,14H2,1-4H3;1H. The van der Waals surface area contributed by atoms with E-state index in [2.05, 4.69) is 60.7 Å². The average Bonchev–Trinajstić information content (AvgIpc) is 2.99. The molecule has 3 aromatic heterocycles. The Bertz CT molecular complexity index is 871. The van der Waals surface area contributed by atoms with Crippen LogP contribution in [0.15, 0.2) is 42.7 Å². The molecule has 0 atom stereocenters. The van der Waals surface area contributed by atoms with Crippen molar-refractivity contribution in [1.29, 1.82) is 0 Å². The Balaban J connectivity index is 0.00000280. The summed E-state index contributed by atoms with van der Waals surface area (Å²) in [6, 6.07) is 10.2. The zero-order chi connectivity index (χ0) is 19.3. The minimum Gasteiger partial charge on any atom is -0.364 e. The lowest BCUT2D eigenvalue weighted by molar-refractivity contribution is 0.473. The number of aromatic nitrogens is 3. The Morgan fingerprint density at radius 3 is 2.57 bits per heavy atom. The molecule has 0 aliphatic carbocycles. The lowest BCUT2D eigenvalue weighted by Gasteiger charge is -2.28. The monoisotopic (exact) mass is 400 g/mol. The van der Waals surface area contributed by atoms with Crippen LogP contribution in [0, 0.1) is 6.92 Å².